The molecule has 6 heteroatoms. The first-order valence-electron chi connectivity index (χ1n) is 9.37. The second-order valence-electron chi connectivity index (χ2n) is 6.94. The minimum atomic E-state index is -0.668. The molecule has 150 valence electrons. The Morgan fingerprint density at radius 1 is 0.966 bits per heavy atom. The summed E-state index contributed by atoms with van der Waals surface area (Å²) in [6.45, 7) is 0.331. The molecule has 0 radical (unpaired) electrons. The second-order valence-corrected chi connectivity index (χ2v) is 7.82. The largest absolute Gasteiger partial charge is 0.346 e. The molecule has 2 amide bonds. The lowest BCUT2D eigenvalue weighted by Crippen LogP contribution is -2.40. The van der Waals surface area contributed by atoms with Gasteiger partial charge in [-0.3, -0.25) is 9.59 Å². The Kier molecular flexibility index (Phi) is 6.90. The zero-order chi connectivity index (χ0) is 20.8. The number of carbonyl (C=O) groups excluding carboxylic acids is 2. The van der Waals surface area contributed by atoms with Crippen molar-refractivity contribution < 1.29 is 9.59 Å². The average Bonchev–Trinajstić information content (AvgIpc) is 2.73. The molecular weight excluding hydrogens is 382 g/mol. The maximum absolute atomic E-state index is 12.4. The fourth-order valence-corrected chi connectivity index (χ4v) is 3.73. The molecule has 0 bridgehead atoms. The van der Waals surface area contributed by atoms with Crippen molar-refractivity contribution in [3.05, 3.63) is 72.3 Å². The predicted molar refractivity (Wildman–Crippen MR) is 120 cm³/mol. The number of hydrogen-bond donors (Lipinski definition) is 2. The van der Waals surface area contributed by atoms with Crippen LogP contribution in [0.4, 0.5) is 5.69 Å². The second kappa shape index (κ2) is 9.58. The molecule has 3 aromatic rings. The number of hydrogen-bond acceptors (Lipinski definition) is 4. The lowest BCUT2D eigenvalue weighted by atomic mass is 9.98. The summed E-state index contributed by atoms with van der Waals surface area (Å²) >= 11 is 1.58. The number of amides is 2. The molecule has 2 N–H and O–H groups in total. The first-order valence-corrected chi connectivity index (χ1v) is 10.6. The molecular formula is C23H25N3O2S. The SMILES string of the molecule is CSc1cccc(NC(=O)C(=O)NC[C@@H](c2cccc3ccccc23)N(C)C)c1. The van der Waals surface area contributed by atoms with Gasteiger partial charge in [-0.25, -0.2) is 0 Å². The van der Waals surface area contributed by atoms with Gasteiger partial charge in [0.15, 0.2) is 0 Å². The van der Waals surface area contributed by atoms with Crippen LogP contribution in [-0.2, 0) is 9.59 Å². The Balaban J connectivity index is 1.70. The van der Waals surface area contributed by atoms with Crippen molar-refractivity contribution in [2.24, 2.45) is 0 Å². The lowest BCUT2D eigenvalue weighted by Gasteiger charge is -2.26. The van der Waals surface area contributed by atoms with Gasteiger partial charge in [-0.2, -0.15) is 0 Å². The summed E-state index contributed by atoms with van der Waals surface area (Å²) in [6.07, 6.45) is 1.96. The Labute approximate surface area is 175 Å². The molecule has 3 rings (SSSR count). The third-order valence-electron chi connectivity index (χ3n) is 4.80. The number of likely N-dealkylation sites (N-methyl/N-ethyl adjacent to an activating group) is 1. The van der Waals surface area contributed by atoms with E-state index in [0.717, 1.165) is 21.2 Å². The molecule has 0 aromatic heterocycles. The van der Waals surface area contributed by atoms with Gasteiger partial charge in [0, 0.05) is 17.1 Å². The molecule has 0 aliphatic heterocycles. The van der Waals surface area contributed by atoms with E-state index < -0.39 is 11.8 Å². The number of nitrogens with one attached hydrogen (secondary N) is 2. The first kappa shape index (κ1) is 20.9. The Bertz CT molecular complexity index is 1010. The van der Waals surface area contributed by atoms with Crippen LogP contribution in [0.5, 0.6) is 0 Å². The van der Waals surface area contributed by atoms with Gasteiger partial charge in [-0.05, 0) is 54.9 Å². The highest BCUT2D eigenvalue weighted by molar-refractivity contribution is 7.98. The Morgan fingerprint density at radius 2 is 1.69 bits per heavy atom. The van der Waals surface area contributed by atoms with Crippen molar-refractivity contribution >= 4 is 40.0 Å². The highest BCUT2D eigenvalue weighted by Gasteiger charge is 2.20. The van der Waals surface area contributed by atoms with E-state index in [1.807, 2.05) is 61.6 Å². The van der Waals surface area contributed by atoms with Crippen molar-refractivity contribution in [1.29, 1.82) is 0 Å². The number of fused-ring (bicyclic) bond motifs is 1. The van der Waals surface area contributed by atoms with Crippen molar-refractivity contribution in [3.63, 3.8) is 0 Å². The van der Waals surface area contributed by atoms with E-state index in [4.69, 9.17) is 0 Å². The van der Waals surface area contributed by atoms with Crippen LogP contribution in [0.3, 0.4) is 0 Å². The van der Waals surface area contributed by atoms with Gasteiger partial charge >= 0.3 is 11.8 Å². The van der Waals surface area contributed by atoms with Gasteiger partial charge in [0.1, 0.15) is 0 Å². The van der Waals surface area contributed by atoms with Crippen LogP contribution in [0.2, 0.25) is 0 Å². The molecule has 5 nitrogen and oxygen atoms in total. The quantitative estimate of drug-likeness (QED) is 0.480. The van der Waals surface area contributed by atoms with E-state index in [0.29, 0.717) is 12.2 Å². The van der Waals surface area contributed by atoms with Gasteiger partial charge in [0.2, 0.25) is 0 Å². The van der Waals surface area contributed by atoms with Gasteiger partial charge in [-0.15, -0.1) is 11.8 Å². The minimum absolute atomic E-state index is 0.0577. The molecule has 0 spiro atoms. The molecule has 0 saturated carbocycles. The summed E-state index contributed by atoms with van der Waals surface area (Å²) < 4.78 is 0. The third kappa shape index (κ3) is 5.16. The summed E-state index contributed by atoms with van der Waals surface area (Å²) in [5.41, 5.74) is 1.72. The minimum Gasteiger partial charge on any atom is -0.346 e. The molecule has 3 aromatic carbocycles. The van der Waals surface area contributed by atoms with Crippen molar-refractivity contribution in [2.75, 3.05) is 32.2 Å². The zero-order valence-corrected chi connectivity index (χ0v) is 17.6. The van der Waals surface area contributed by atoms with Crippen LogP contribution in [0.15, 0.2) is 71.6 Å². The molecule has 1 atom stereocenters. The van der Waals surface area contributed by atoms with E-state index in [1.54, 1.807) is 17.8 Å². The van der Waals surface area contributed by atoms with Crippen LogP contribution in [0.1, 0.15) is 11.6 Å². The van der Waals surface area contributed by atoms with E-state index in [1.165, 1.54) is 0 Å². The van der Waals surface area contributed by atoms with Gasteiger partial charge in [0.25, 0.3) is 0 Å². The number of thioether (sulfide) groups is 1. The number of nitrogens with zero attached hydrogens (tertiary/aromatic N) is 1. The highest BCUT2D eigenvalue weighted by atomic mass is 32.2. The molecule has 0 aliphatic carbocycles. The van der Waals surface area contributed by atoms with Crippen LogP contribution in [0, 0.1) is 0 Å². The number of anilines is 1. The van der Waals surface area contributed by atoms with Gasteiger partial charge < -0.3 is 15.5 Å². The van der Waals surface area contributed by atoms with Gasteiger partial charge in [0.05, 0.1) is 6.04 Å². The maximum Gasteiger partial charge on any atom is 0.313 e. The number of benzene rings is 3. The van der Waals surface area contributed by atoms with E-state index in [9.17, 15) is 9.59 Å². The monoisotopic (exact) mass is 407 g/mol. The summed E-state index contributed by atoms with van der Waals surface area (Å²) in [7, 11) is 3.93. The van der Waals surface area contributed by atoms with Crippen LogP contribution >= 0.6 is 11.8 Å². The first-order chi connectivity index (χ1) is 14.0. The van der Waals surface area contributed by atoms with Crippen molar-refractivity contribution in [1.82, 2.24) is 10.2 Å². The number of rotatable bonds is 6. The molecule has 29 heavy (non-hydrogen) atoms. The van der Waals surface area contributed by atoms with Crippen LogP contribution < -0.4 is 10.6 Å². The fourth-order valence-electron chi connectivity index (χ4n) is 3.27. The summed E-state index contributed by atoms with van der Waals surface area (Å²) in [5.74, 6) is -1.31. The molecule has 0 heterocycles. The summed E-state index contributed by atoms with van der Waals surface area (Å²) in [6, 6.07) is 21.7. The van der Waals surface area contributed by atoms with E-state index >= 15 is 0 Å². The zero-order valence-electron chi connectivity index (χ0n) is 16.8. The Hall–Kier alpha value is -2.83. The van der Waals surface area contributed by atoms with Crippen LogP contribution in [-0.4, -0.2) is 43.6 Å². The number of carbonyl (C=O) groups is 2. The average molecular weight is 408 g/mol. The Morgan fingerprint density at radius 3 is 2.45 bits per heavy atom. The van der Waals surface area contributed by atoms with Gasteiger partial charge in [-0.1, -0.05) is 48.5 Å². The van der Waals surface area contributed by atoms with E-state index in [-0.39, 0.29) is 6.04 Å². The topological polar surface area (TPSA) is 61.4 Å². The third-order valence-corrected chi connectivity index (χ3v) is 5.52. The smallest absolute Gasteiger partial charge is 0.313 e. The normalized spacial score (nSPS) is 12.0. The molecule has 0 fully saturated rings. The van der Waals surface area contributed by atoms with Crippen molar-refractivity contribution in [3.8, 4) is 0 Å². The fraction of sp³-hybridized carbons (Fsp3) is 0.217. The van der Waals surface area contributed by atoms with Crippen LogP contribution in [0.25, 0.3) is 10.8 Å². The molecule has 0 unspecified atom stereocenters. The molecule has 0 aliphatic rings. The summed E-state index contributed by atoms with van der Waals surface area (Å²) in [4.78, 5) is 27.7. The van der Waals surface area contributed by atoms with Crippen molar-refractivity contribution in [2.45, 2.75) is 10.9 Å². The highest BCUT2D eigenvalue weighted by Crippen LogP contribution is 2.26. The summed E-state index contributed by atoms with van der Waals surface area (Å²) in [5, 5.41) is 7.73. The lowest BCUT2D eigenvalue weighted by molar-refractivity contribution is -0.136. The predicted octanol–water partition coefficient (Wildman–Crippen LogP) is 3.92. The maximum atomic E-state index is 12.4. The molecule has 0 saturated heterocycles. The van der Waals surface area contributed by atoms with E-state index in [2.05, 4.69) is 34.9 Å². The standard InChI is InChI=1S/C23H25N3O2S/c1-26(2)21(20-13-6-9-16-8-4-5-12-19(16)20)15-24-22(27)23(28)25-17-10-7-11-18(14-17)29-3/h4-14,21H,15H2,1-3H3,(H,24,27)(H,25,28)/t21-/m0/s1.